The second kappa shape index (κ2) is 5.90. The van der Waals surface area contributed by atoms with E-state index < -0.39 is 10.9 Å². The van der Waals surface area contributed by atoms with Gasteiger partial charge in [0.1, 0.15) is 11.4 Å². The molecule has 1 rings (SSSR count). The highest BCUT2D eigenvalue weighted by atomic mass is 35.5. The third-order valence-electron chi connectivity index (χ3n) is 2.63. The summed E-state index contributed by atoms with van der Waals surface area (Å²) in [4.78, 5) is 0. The van der Waals surface area contributed by atoms with Gasteiger partial charge in [-0.05, 0) is 25.0 Å². The molecule has 0 fully saturated rings. The van der Waals surface area contributed by atoms with Crippen LogP contribution in [0.25, 0.3) is 0 Å². The maximum atomic E-state index is 12.8. The van der Waals surface area contributed by atoms with Crippen molar-refractivity contribution in [2.24, 2.45) is 0 Å². The number of para-hydroxylation sites is 1. The highest BCUT2D eigenvalue weighted by Gasteiger charge is 2.26. The van der Waals surface area contributed by atoms with Crippen LogP contribution in [0.3, 0.4) is 0 Å². The normalized spacial score (nSPS) is 12.6. The molecule has 0 bridgehead atoms. The lowest BCUT2D eigenvalue weighted by Gasteiger charge is -2.29. The fourth-order valence-electron chi connectivity index (χ4n) is 1.55. The molecule has 0 aliphatic heterocycles. The summed E-state index contributed by atoms with van der Waals surface area (Å²) in [6.45, 7) is 3.89. The van der Waals surface area contributed by atoms with E-state index in [2.05, 4.69) is 0 Å². The van der Waals surface area contributed by atoms with Gasteiger partial charge in [-0.3, -0.25) is 0 Å². The summed E-state index contributed by atoms with van der Waals surface area (Å²) >= 11 is 5.30. The van der Waals surface area contributed by atoms with Gasteiger partial charge in [-0.2, -0.15) is 4.39 Å². The number of ether oxygens (including phenoxy) is 1. The molecule has 0 saturated carbocycles. The summed E-state index contributed by atoms with van der Waals surface area (Å²) < 4.78 is 18.6. The third kappa shape index (κ3) is 3.53. The standard InChI is InChI=1S/C13H16ClFO/c1-3-13(4-2,10-12(14)15)16-11-8-6-5-7-9-11/h5-10H,3-4H2,1-2H3/b12-10+. The molecule has 0 aromatic heterocycles. The van der Waals surface area contributed by atoms with Crippen LogP contribution in [-0.4, -0.2) is 5.60 Å². The van der Waals surface area contributed by atoms with Crippen LogP contribution in [0.1, 0.15) is 26.7 Å². The average Bonchev–Trinajstić information content (AvgIpc) is 2.29. The lowest BCUT2D eigenvalue weighted by atomic mass is 9.97. The Kier molecular flexibility index (Phi) is 4.81. The first kappa shape index (κ1) is 13.0. The van der Waals surface area contributed by atoms with E-state index in [0.29, 0.717) is 12.8 Å². The summed E-state index contributed by atoms with van der Waals surface area (Å²) in [5, 5.41) is -0.723. The Morgan fingerprint density at radius 2 is 1.88 bits per heavy atom. The SMILES string of the molecule is CCC(/C=C(/F)Cl)(CC)Oc1ccccc1. The molecule has 0 unspecified atom stereocenters. The molecule has 0 amide bonds. The van der Waals surface area contributed by atoms with Gasteiger partial charge in [0.15, 0.2) is 5.29 Å². The second-order valence-electron chi connectivity index (χ2n) is 3.62. The van der Waals surface area contributed by atoms with Crippen LogP contribution in [0, 0.1) is 0 Å². The monoisotopic (exact) mass is 242 g/mol. The highest BCUT2D eigenvalue weighted by molar-refractivity contribution is 6.28. The Bertz CT molecular complexity index is 340. The Morgan fingerprint density at radius 3 is 2.31 bits per heavy atom. The lowest BCUT2D eigenvalue weighted by molar-refractivity contribution is 0.109. The van der Waals surface area contributed by atoms with E-state index in [-0.39, 0.29) is 0 Å². The minimum Gasteiger partial charge on any atom is -0.483 e. The molecule has 1 aromatic rings. The molecule has 0 saturated heterocycles. The zero-order valence-electron chi connectivity index (χ0n) is 9.54. The maximum absolute atomic E-state index is 12.8. The summed E-state index contributed by atoms with van der Waals surface area (Å²) in [7, 11) is 0. The molecule has 3 heteroatoms. The average molecular weight is 243 g/mol. The van der Waals surface area contributed by atoms with Crippen LogP contribution < -0.4 is 4.74 Å². The molecule has 0 aliphatic rings. The van der Waals surface area contributed by atoms with Crippen LogP contribution >= 0.6 is 11.6 Å². The van der Waals surface area contributed by atoms with Gasteiger partial charge in [0.25, 0.3) is 0 Å². The van der Waals surface area contributed by atoms with E-state index in [4.69, 9.17) is 16.3 Å². The zero-order valence-corrected chi connectivity index (χ0v) is 10.3. The molecule has 16 heavy (non-hydrogen) atoms. The van der Waals surface area contributed by atoms with E-state index in [9.17, 15) is 4.39 Å². The molecular formula is C13H16ClFO. The van der Waals surface area contributed by atoms with Gasteiger partial charge in [-0.15, -0.1) is 0 Å². The van der Waals surface area contributed by atoms with E-state index in [0.717, 1.165) is 5.75 Å². The van der Waals surface area contributed by atoms with Crippen LogP contribution in [0.5, 0.6) is 5.75 Å². The van der Waals surface area contributed by atoms with Gasteiger partial charge < -0.3 is 4.74 Å². The quantitative estimate of drug-likeness (QED) is 0.729. The summed E-state index contributed by atoms with van der Waals surface area (Å²) in [6.07, 6.45) is 2.67. The number of hydrogen-bond donors (Lipinski definition) is 0. The van der Waals surface area contributed by atoms with E-state index in [1.54, 1.807) is 0 Å². The van der Waals surface area contributed by atoms with Gasteiger partial charge >= 0.3 is 0 Å². The largest absolute Gasteiger partial charge is 0.483 e. The van der Waals surface area contributed by atoms with Gasteiger partial charge in [0.05, 0.1) is 0 Å². The predicted molar refractivity (Wildman–Crippen MR) is 65.4 cm³/mol. The third-order valence-corrected chi connectivity index (χ3v) is 2.74. The van der Waals surface area contributed by atoms with Crippen molar-refractivity contribution in [3.63, 3.8) is 0 Å². The molecule has 0 aliphatic carbocycles. The van der Waals surface area contributed by atoms with Crippen molar-refractivity contribution in [3.05, 3.63) is 41.7 Å². The van der Waals surface area contributed by atoms with Crippen LogP contribution in [-0.2, 0) is 0 Å². The topological polar surface area (TPSA) is 9.23 Å². The number of hydrogen-bond acceptors (Lipinski definition) is 1. The zero-order chi connectivity index (χ0) is 12.0. The van der Waals surface area contributed by atoms with Crippen molar-refractivity contribution in [3.8, 4) is 5.75 Å². The number of halogens is 2. The van der Waals surface area contributed by atoms with Crippen LogP contribution in [0.15, 0.2) is 41.7 Å². The van der Waals surface area contributed by atoms with Crippen LogP contribution in [0.4, 0.5) is 4.39 Å². The summed E-state index contributed by atoms with van der Waals surface area (Å²) in [5.74, 6) is 0.723. The number of benzene rings is 1. The van der Waals surface area contributed by atoms with E-state index >= 15 is 0 Å². The Hall–Kier alpha value is -1.02. The predicted octanol–water partition coefficient (Wildman–Crippen LogP) is 4.67. The van der Waals surface area contributed by atoms with E-state index in [1.807, 2.05) is 44.2 Å². The molecule has 1 nitrogen and oxygen atoms in total. The molecular weight excluding hydrogens is 227 g/mol. The first-order valence-corrected chi connectivity index (χ1v) is 5.77. The van der Waals surface area contributed by atoms with Crippen molar-refractivity contribution in [2.75, 3.05) is 0 Å². The van der Waals surface area contributed by atoms with Crippen molar-refractivity contribution < 1.29 is 9.13 Å². The first-order chi connectivity index (χ1) is 7.62. The van der Waals surface area contributed by atoms with Gasteiger partial charge in [0.2, 0.25) is 0 Å². The van der Waals surface area contributed by atoms with Gasteiger partial charge in [-0.25, -0.2) is 0 Å². The molecule has 0 atom stereocenters. The highest BCUT2D eigenvalue weighted by Crippen LogP contribution is 2.28. The molecule has 0 heterocycles. The smallest absolute Gasteiger partial charge is 0.189 e. The van der Waals surface area contributed by atoms with Gasteiger partial charge in [-0.1, -0.05) is 43.6 Å². The number of rotatable bonds is 5. The minimum absolute atomic E-state index is 0.660. The minimum atomic E-state index is -0.723. The molecule has 1 aromatic carbocycles. The summed E-state index contributed by atoms with van der Waals surface area (Å²) in [6, 6.07) is 9.36. The Labute approximate surface area is 101 Å². The lowest BCUT2D eigenvalue weighted by Crippen LogP contribution is -2.32. The van der Waals surface area contributed by atoms with E-state index in [1.165, 1.54) is 6.08 Å². The van der Waals surface area contributed by atoms with Crippen molar-refractivity contribution in [1.29, 1.82) is 0 Å². The second-order valence-corrected chi connectivity index (χ2v) is 3.98. The van der Waals surface area contributed by atoms with Crippen molar-refractivity contribution in [2.45, 2.75) is 32.3 Å². The fraction of sp³-hybridized carbons (Fsp3) is 0.385. The summed E-state index contributed by atoms with van der Waals surface area (Å²) in [5.41, 5.74) is -0.660. The molecule has 0 spiro atoms. The first-order valence-electron chi connectivity index (χ1n) is 5.40. The van der Waals surface area contributed by atoms with Crippen molar-refractivity contribution in [1.82, 2.24) is 0 Å². The van der Waals surface area contributed by atoms with Crippen LogP contribution in [0.2, 0.25) is 0 Å². The van der Waals surface area contributed by atoms with Gasteiger partial charge in [0, 0.05) is 6.08 Å². The Morgan fingerprint density at radius 1 is 1.31 bits per heavy atom. The molecule has 0 radical (unpaired) electrons. The molecule has 88 valence electrons. The van der Waals surface area contributed by atoms with Crippen molar-refractivity contribution >= 4 is 11.6 Å². The fourth-order valence-corrected chi connectivity index (χ4v) is 1.75. The Balaban J connectivity index is 2.91. The maximum Gasteiger partial charge on any atom is 0.189 e. The molecule has 0 N–H and O–H groups in total.